The molecule has 0 aliphatic rings. The van der Waals surface area contributed by atoms with E-state index in [2.05, 4.69) is 10.4 Å². The maximum Gasteiger partial charge on any atom is 0.290 e. The largest absolute Gasteiger partial charge is 0.460 e. The van der Waals surface area contributed by atoms with E-state index < -0.39 is 5.56 Å². The van der Waals surface area contributed by atoms with Gasteiger partial charge in [-0.05, 0) is 36.6 Å². The number of nitrogens with zero attached hydrogens (tertiary/aromatic N) is 2. The number of aromatic nitrogens is 2. The van der Waals surface area contributed by atoms with E-state index in [-0.39, 0.29) is 18.1 Å². The van der Waals surface area contributed by atoms with Crippen LogP contribution in [0.1, 0.15) is 10.6 Å². The van der Waals surface area contributed by atoms with Crippen LogP contribution in [0.4, 0.5) is 5.69 Å². The number of thiophene rings is 1. The van der Waals surface area contributed by atoms with Gasteiger partial charge in [-0.1, -0.05) is 6.07 Å². The summed E-state index contributed by atoms with van der Waals surface area (Å²) in [6.45, 7) is 2.01. The lowest BCUT2D eigenvalue weighted by Crippen LogP contribution is -2.34. The van der Waals surface area contributed by atoms with Crippen LogP contribution in [-0.2, 0) is 17.9 Å². The predicted octanol–water partition coefficient (Wildman–Crippen LogP) is 1.77. The number of amides is 1. The van der Waals surface area contributed by atoms with Crippen LogP contribution in [0.25, 0.3) is 11.5 Å². The van der Waals surface area contributed by atoms with Gasteiger partial charge in [0.15, 0.2) is 5.76 Å². The molecule has 0 radical (unpaired) electrons. The van der Waals surface area contributed by atoms with E-state index in [9.17, 15) is 9.59 Å². The lowest BCUT2D eigenvalue weighted by Gasteiger charge is -2.08. The number of rotatable bonds is 5. The Morgan fingerprint density at radius 3 is 2.92 bits per heavy atom. The van der Waals surface area contributed by atoms with Gasteiger partial charge in [-0.3, -0.25) is 9.59 Å². The number of hydrogen-bond donors (Lipinski definition) is 2. The summed E-state index contributed by atoms with van der Waals surface area (Å²) >= 11 is 1.55. The summed E-state index contributed by atoms with van der Waals surface area (Å²) in [5.74, 6) is 0.897. The first kappa shape index (κ1) is 16.0. The van der Waals surface area contributed by atoms with E-state index in [4.69, 9.17) is 10.2 Å². The Kier molecular flexibility index (Phi) is 4.48. The molecule has 3 N–H and O–H groups in total. The minimum atomic E-state index is -0.506. The summed E-state index contributed by atoms with van der Waals surface area (Å²) in [4.78, 5) is 25.2. The lowest BCUT2D eigenvalue weighted by atomic mass is 10.3. The number of carbonyl (C=O) groups is 1. The van der Waals surface area contributed by atoms with E-state index in [0.717, 1.165) is 15.3 Å². The molecule has 3 aromatic heterocycles. The van der Waals surface area contributed by atoms with Gasteiger partial charge in [-0.2, -0.15) is 5.10 Å². The minimum Gasteiger partial charge on any atom is -0.460 e. The summed E-state index contributed by atoms with van der Waals surface area (Å²) in [6, 6.07) is 8.81. The lowest BCUT2D eigenvalue weighted by molar-refractivity contribution is -0.122. The Morgan fingerprint density at radius 1 is 1.42 bits per heavy atom. The molecule has 0 aliphatic heterocycles. The summed E-state index contributed by atoms with van der Waals surface area (Å²) in [6.07, 6.45) is 0. The smallest absolute Gasteiger partial charge is 0.290 e. The van der Waals surface area contributed by atoms with Crippen LogP contribution in [-0.4, -0.2) is 15.7 Å². The quantitative estimate of drug-likeness (QED) is 0.734. The molecule has 124 valence electrons. The number of carbonyl (C=O) groups excluding carboxylic acids is 1. The Bertz CT molecular complexity index is 912. The van der Waals surface area contributed by atoms with Crippen LogP contribution in [0, 0.1) is 6.92 Å². The molecule has 0 saturated carbocycles. The van der Waals surface area contributed by atoms with Crippen molar-refractivity contribution in [2.75, 3.05) is 5.73 Å². The molecule has 8 heteroatoms. The van der Waals surface area contributed by atoms with Crippen molar-refractivity contribution in [3.8, 4) is 11.5 Å². The molecule has 3 heterocycles. The number of nitrogens with two attached hydrogens (primary N) is 1. The first-order chi connectivity index (χ1) is 11.5. The van der Waals surface area contributed by atoms with Crippen molar-refractivity contribution < 1.29 is 9.21 Å². The van der Waals surface area contributed by atoms with E-state index in [1.165, 1.54) is 6.07 Å². The molecule has 24 heavy (non-hydrogen) atoms. The average Bonchev–Trinajstić information content (AvgIpc) is 3.21. The second kappa shape index (κ2) is 6.71. The van der Waals surface area contributed by atoms with Crippen LogP contribution in [0.5, 0.6) is 0 Å². The molecular weight excluding hydrogens is 328 g/mol. The Morgan fingerprint density at radius 2 is 2.25 bits per heavy atom. The maximum atomic E-state index is 12.1. The minimum absolute atomic E-state index is 0.0140. The summed E-state index contributed by atoms with van der Waals surface area (Å²) < 4.78 is 6.54. The number of nitrogen functional groups attached to an aromatic ring is 1. The monoisotopic (exact) mass is 344 g/mol. The van der Waals surface area contributed by atoms with Gasteiger partial charge < -0.3 is 15.5 Å². The molecule has 0 fully saturated rings. The standard InChI is InChI=1S/C16H16N4O3S/c1-10-4-5-14(23-10)13-7-12(17)16(22)20(19-13)9-15(21)18-8-11-3-2-6-24-11/h2-7H,8-9,17H2,1H3,(H,18,21). The van der Waals surface area contributed by atoms with Crippen LogP contribution >= 0.6 is 11.3 Å². The molecule has 3 aromatic rings. The molecule has 0 aromatic carbocycles. The third-order valence-corrected chi connectivity index (χ3v) is 4.20. The van der Waals surface area contributed by atoms with Gasteiger partial charge in [-0.15, -0.1) is 11.3 Å². The third kappa shape index (κ3) is 3.54. The molecule has 0 atom stereocenters. The Hall–Kier alpha value is -2.87. The summed E-state index contributed by atoms with van der Waals surface area (Å²) in [5.41, 5.74) is 5.66. The maximum absolute atomic E-state index is 12.1. The highest BCUT2D eigenvalue weighted by Gasteiger charge is 2.13. The Balaban J connectivity index is 1.78. The normalized spacial score (nSPS) is 10.7. The van der Waals surface area contributed by atoms with E-state index in [1.54, 1.807) is 30.4 Å². The van der Waals surface area contributed by atoms with E-state index >= 15 is 0 Å². The first-order valence-corrected chi connectivity index (χ1v) is 8.14. The number of nitrogens with one attached hydrogen (secondary N) is 1. The van der Waals surface area contributed by atoms with Crippen molar-refractivity contribution in [2.45, 2.75) is 20.0 Å². The SMILES string of the molecule is Cc1ccc(-c2cc(N)c(=O)n(CC(=O)NCc3cccs3)n2)o1. The van der Waals surface area contributed by atoms with Crippen LogP contribution in [0.2, 0.25) is 0 Å². The molecule has 7 nitrogen and oxygen atoms in total. The van der Waals surface area contributed by atoms with Gasteiger partial charge in [0.1, 0.15) is 23.7 Å². The first-order valence-electron chi connectivity index (χ1n) is 7.26. The number of hydrogen-bond acceptors (Lipinski definition) is 6. The highest BCUT2D eigenvalue weighted by molar-refractivity contribution is 7.09. The molecule has 0 aliphatic carbocycles. The number of aryl methyl sites for hydroxylation is 1. The zero-order valence-corrected chi connectivity index (χ0v) is 13.8. The number of anilines is 1. The zero-order valence-electron chi connectivity index (χ0n) is 13.0. The van der Waals surface area contributed by atoms with Crippen molar-refractivity contribution in [3.05, 3.63) is 56.7 Å². The van der Waals surface area contributed by atoms with Gasteiger partial charge in [-0.25, -0.2) is 4.68 Å². The van der Waals surface area contributed by atoms with Crippen LogP contribution in [0.15, 0.2) is 44.9 Å². The van der Waals surface area contributed by atoms with Crippen molar-refractivity contribution in [3.63, 3.8) is 0 Å². The van der Waals surface area contributed by atoms with Gasteiger partial charge in [0.25, 0.3) is 5.56 Å². The predicted molar refractivity (Wildman–Crippen MR) is 91.5 cm³/mol. The highest BCUT2D eigenvalue weighted by atomic mass is 32.1. The average molecular weight is 344 g/mol. The van der Waals surface area contributed by atoms with E-state index in [1.807, 2.05) is 17.5 Å². The molecule has 1 amide bonds. The third-order valence-electron chi connectivity index (χ3n) is 3.33. The van der Waals surface area contributed by atoms with Gasteiger partial charge in [0.05, 0.1) is 6.54 Å². The molecular formula is C16H16N4O3S. The van der Waals surface area contributed by atoms with Crippen molar-refractivity contribution >= 4 is 22.9 Å². The number of furan rings is 1. The molecule has 0 saturated heterocycles. The van der Waals surface area contributed by atoms with E-state index in [0.29, 0.717) is 18.0 Å². The fraction of sp³-hybridized carbons (Fsp3) is 0.188. The van der Waals surface area contributed by atoms with Crippen LogP contribution in [0.3, 0.4) is 0 Å². The van der Waals surface area contributed by atoms with Gasteiger partial charge in [0.2, 0.25) is 5.91 Å². The van der Waals surface area contributed by atoms with Crippen molar-refractivity contribution in [2.24, 2.45) is 0 Å². The second-order valence-corrected chi connectivity index (χ2v) is 6.25. The zero-order chi connectivity index (χ0) is 17.1. The van der Waals surface area contributed by atoms with Gasteiger partial charge >= 0.3 is 0 Å². The van der Waals surface area contributed by atoms with Crippen LogP contribution < -0.4 is 16.6 Å². The molecule has 3 rings (SSSR count). The summed E-state index contributed by atoms with van der Waals surface area (Å²) in [5, 5.41) is 8.86. The molecule has 0 unspecified atom stereocenters. The fourth-order valence-electron chi connectivity index (χ4n) is 2.15. The Labute approximate surface area is 141 Å². The highest BCUT2D eigenvalue weighted by Crippen LogP contribution is 2.19. The summed E-state index contributed by atoms with van der Waals surface area (Å²) in [7, 11) is 0. The topological polar surface area (TPSA) is 103 Å². The molecule has 0 spiro atoms. The van der Waals surface area contributed by atoms with Crippen molar-refractivity contribution in [1.82, 2.24) is 15.1 Å². The fourth-order valence-corrected chi connectivity index (χ4v) is 2.80. The van der Waals surface area contributed by atoms with Crippen molar-refractivity contribution in [1.29, 1.82) is 0 Å². The molecule has 0 bridgehead atoms. The van der Waals surface area contributed by atoms with Gasteiger partial charge in [0, 0.05) is 4.88 Å². The second-order valence-electron chi connectivity index (χ2n) is 5.21.